The molecule has 0 heterocycles. The van der Waals surface area contributed by atoms with Gasteiger partial charge in [-0.15, -0.1) is 0 Å². The molecule has 0 aliphatic rings. The minimum absolute atomic E-state index is 0.360. The summed E-state index contributed by atoms with van der Waals surface area (Å²) in [6, 6.07) is 21.0. The topological polar surface area (TPSA) is 35.5 Å². The molecule has 0 unspecified atom stereocenters. The second-order valence-electron chi connectivity index (χ2n) is 6.52. The number of hydrogen-bond acceptors (Lipinski definition) is 3. The highest BCUT2D eigenvalue weighted by Gasteiger charge is 2.09. The number of esters is 1. The third-order valence-electron chi connectivity index (χ3n) is 3.99. The van der Waals surface area contributed by atoms with Crippen LogP contribution in [0, 0.1) is 20.8 Å². The summed E-state index contributed by atoms with van der Waals surface area (Å²) in [5.74, 6) is 1.05. The van der Waals surface area contributed by atoms with Gasteiger partial charge in [0.1, 0.15) is 18.1 Å². The molecule has 0 N–H and O–H groups in total. The largest absolute Gasteiger partial charge is 0.489 e. The van der Waals surface area contributed by atoms with Gasteiger partial charge >= 0.3 is 5.97 Å². The van der Waals surface area contributed by atoms with E-state index < -0.39 is 0 Å². The Balaban J connectivity index is 1.62. The van der Waals surface area contributed by atoms with Crippen molar-refractivity contribution in [3.05, 3.63) is 94.5 Å². The van der Waals surface area contributed by atoms with E-state index in [1.54, 1.807) is 12.1 Å². The molecule has 3 rings (SSSR count). The summed E-state index contributed by atoms with van der Waals surface area (Å²) in [7, 11) is 0. The lowest BCUT2D eigenvalue weighted by Gasteiger charge is -2.09. The minimum Gasteiger partial charge on any atom is -0.489 e. The number of ether oxygens (including phenoxy) is 2. The second kappa shape index (κ2) is 7.87. The summed E-state index contributed by atoms with van der Waals surface area (Å²) in [5.41, 5.74) is 4.80. The van der Waals surface area contributed by atoms with Crippen LogP contribution in [0.4, 0.5) is 0 Å². The Labute approximate surface area is 154 Å². The predicted molar refractivity (Wildman–Crippen MR) is 103 cm³/mol. The van der Waals surface area contributed by atoms with Crippen LogP contribution in [-0.2, 0) is 6.61 Å². The summed E-state index contributed by atoms with van der Waals surface area (Å²) in [6.07, 6.45) is 0. The smallest absolute Gasteiger partial charge is 0.343 e. The Morgan fingerprint density at radius 2 is 1.42 bits per heavy atom. The molecule has 0 radical (unpaired) electrons. The number of hydrogen-bond donors (Lipinski definition) is 0. The molecule has 132 valence electrons. The highest BCUT2D eigenvalue weighted by molar-refractivity contribution is 5.91. The van der Waals surface area contributed by atoms with E-state index in [4.69, 9.17) is 9.47 Å². The van der Waals surface area contributed by atoms with E-state index in [-0.39, 0.29) is 5.97 Å². The van der Waals surface area contributed by atoms with Gasteiger partial charge in [-0.1, -0.05) is 30.3 Å². The first kappa shape index (κ1) is 17.7. The van der Waals surface area contributed by atoms with Gasteiger partial charge in [-0.3, -0.25) is 0 Å². The summed E-state index contributed by atoms with van der Waals surface area (Å²) < 4.78 is 11.3. The Bertz CT molecular complexity index is 891. The van der Waals surface area contributed by atoms with Gasteiger partial charge in [-0.05, 0) is 79.4 Å². The van der Waals surface area contributed by atoms with Crippen molar-refractivity contribution in [2.75, 3.05) is 0 Å². The van der Waals surface area contributed by atoms with E-state index in [0.29, 0.717) is 17.9 Å². The van der Waals surface area contributed by atoms with Crippen molar-refractivity contribution >= 4 is 5.97 Å². The molecule has 3 nitrogen and oxygen atoms in total. The van der Waals surface area contributed by atoms with Crippen molar-refractivity contribution in [3.8, 4) is 11.5 Å². The van der Waals surface area contributed by atoms with E-state index in [2.05, 4.69) is 0 Å². The summed E-state index contributed by atoms with van der Waals surface area (Å²) in [4.78, 5) is 12.3. The molecule has 0 aromatic heterocycles. The van der Waals surface area contributed by atoms with Crippen LogP contribution in [0.5, 0.6) is 11.5 Å². The van der Waals surface area contributed by atoms with Crippen molar-refractivity contribution < 1.29 is 14.3 Å². The Kier molecular flexibility index (Phi) is 5.37. The van der Waals surface area contributed by atoms with Crippen LogP contribution in [0.15, 0.2) is 66.7 Å². The zero-order valence-corrected chi connectivity index (χ0v) is 15.3. The van der Waals surface area contributed by atoms with E-state index in [9.17, 15) is 4.79 Å². The van der Waals surface area contributed by atoms with Gasteiger partial charge in [0.05, 0.1) is 5.56 Å². The standard InChI is InChI=1S/C23H22O3/c1-16-5-4-6-21(12-16)25-15-19-7-9-20(10-8-19)23(24)26-22-13-17(2)11-18(3)14-22/h4-14H,15H2,1-3H3. The third-order valence-corrected chi connectivity index (χ3v) is 3.99. The molecule has 0 saturated heterocycles. The summed E-state index contributed by atoms with van der Waals surface area (Å²) in [5, 5.41) is 0. The van der Waals surface area contributed by atoms with Crippen LogP contribution in [0.2, 0.25) is 0 Å². The van der Waals surface area contributed by atoms with Crippen LogP contribution in [-0.4, -0.2) is 5.97 Å². The maximum absolute atomic E-state index is 12.3. The van der Waals surface area contributed by atoms with E-state index in [1.165, 1.54) is 0 Å². The highest BCUT2D eigenvalue weighted by atomic mass is 16.5. The zero-order valence-electron chi connectivity index (χ0n) is 15.3. The Hall–Kier alpha value is -3.07. The first-order chi connectivity index (χ1) is 12.5. The Morgan fingerprint density at radius 1 is 0.769 bits per heavy atom. The van der Waals surface area contributed by atoms with Gasteiger partial charge in [0, 0.05) is 0 Å². The number of aryl methyl sites for hydroxylation is 3. The average molecular weight is 346 g/mol. The summed E-state index contributed by atoms with van der Waals surface area (Å²) in [6.45, 7) is 6.44. The van der Waals surface area contributed by atoms with Gasteiger partial charge in [0.15, 0.2) is 0 Å². The van der Waals surface area contributed by atoms with Crippen molar-refractivity contribution in [1.82, 2.24) is 0 Å². The number of rotatable bonds is 5. The van der Waals surface area contributed by atoms with Gasteiger partial charge in [-0.2, -0.15) is 0 Å². The lowest BCUT2D eigenvalue weighted by molar-refractivity contribution is 0.0734. The van der Waals surface area contributed by atoms with Gasteiger partial charge < -0.3 is 9.47 Å². The van der Waals surface area contributed by atoms with Crippen LogP contribution < -0.4 is 9.47 Å². The van der Waals surface area contributed by atoms with Crippen LogP contribution >= 0.6 is 0 Å². The molecular formula is C23H22O3. The average Bonchev–Trinajstić information content (AvgIpc) is 2.59. The summed E-state index contributed by atoms with van der Waals surface area (Å²) >= 11 is 0. The van der Waals surface area contributed by atoms with Crippen LogP contribution in [0.1, 0.15) is 32.6 Å². The fourth-order valence-electron chi connectivity index (χ4n) is 2.77. The first-order valence-corrected chi connectivity index (χ1v) is 8.58. The zero-order chi connectivity index (χ0) is 18.5. The van der Waals surface area contributed by atoms with Gasteiger partial charge in [-0.25, -0.2) is 4.79 Å². The molecule has 0 aliphatic carbocycles. The first-order valence-electron chi connectivity index (χ1n) is 8.58. The van der Waals surface area contributed by atoms with Crippen LogP contribution in [0.3, 0.4) is 0 Å². The van der Waals surface area contributed by atoms with Gasteiger partial charge in [0.2, 0.25) is 0 Å². The lowest BCUT2D eigenvalue weighted by atomic mass is 10.1. The third kappa shape index (κ3) is 4.73. The molecule has 0 bridgehead atoms. The molecular weight excluding hydrogens is 324 g/mol. The van der Waals surface area contributed by atoms with Crippen LogP contribution in [0.25, 0.3) is 0 Å². The predicted octanol–water partition coefficient (Wildman–Crippen LogP) is 5.41. The van der Waals surface area contributed by atoms with E-state index in [0.717, 1.165) is 28.0 Å². The molecule has 3 heteroatoms. The number of benzene rings is 3. The lowest BCUT2D eigenvalue weighted by Crippen LogP contribution is -2.09. The van der Waals surface area contributed by atoms with Gasteiger partial charge in [0.25, 0.3) is 0 Å². The molecule has 3 aromatic rings. The maximum atomic E-state index is 12.3. The molecule has 0 amide bonds. The molecule has 26 heavy (non-hydrogen) atoms. The monoisotopic (exact) mass is 346 g/mol. The maximum Gasteiger partial charge on any atom is 0.343 e. The highest BCUT2D eigenvalue weighted by Crippen LogP contribution is 2.19. The fraction of sp³-hybridized carbons (Fsp3) is 0.174. The Morgan fingerprint density at radius 3 is 2.08 bits per heavy atom. The number of carbonyl (C=O) groups is 1. The molecule has 0 saturated carbocycles. The SMILES string of the molecule is Cc1cccc(OCc2ccc(C(=O)Oc3cc(C)cc(C)c3)cc2)c1. The van der Waals surface area contributed by atoms with Crippen molar-refractivity contribution in [2.45, 2.75) is 27.4 Å². The quantitative estimate of drug-likeness (QED) is 0.458. The molecule has 0 atom stereocenters. The van der Waals surface area contributed by atoms with Crippen molar-refractivity contribution in [1.29, 1.82) is 0 Å². The minimum atomic E-state index is -0.360. The molecule has 0 spiro atoms. The second-order valence-corrected chi connectivity index (χ2v) is 6.52. The van der Waals surface area contributed by atoms with E-state index >= 15 is 0 Å². The van der Waals surface area contributed by atoms with Crippen molar-refractivity contribution in [3.63, 3.8) is 0 Å². The number of carbonyl (C=O) groups excluding carboxylic acids is 1. The molecule has 3 aromatic carbocycles. The van der Waals surface area contributed by atoms with Crippen molar-refractivity contribution in [2.24, 2.45) is 0 Å². The molecule has 0 fully saturated rings. The fourth-order valence-corrected chi connectivity index (χ4v) is 2.77. The normalized spacial score (nSPS) is 10.4. The molecule has 0 aliphatic heterocycles. The van der Waals surface area contributed by atoms with E-state index in [1.807, 2.05) is 75.4 Å².